The van der Waals surface area contributed by atoms with Gasteiger partial charge in [0, 0.05) is 11.1 Å². The van der Waals surface area contributed by atoms with Gasteiger partial charge in [0.1, 0.15) is 10.7 Å². The highest BCUT2D eigenvalue weighted by Crippen LogP contribution is 2.19. The number of hydrogen-bond donors (Lipinski definition) is 2. The van der Waals surface area contributed by atoms with Crippen molar-refractivity contribution in [1.82, 2.24) is 4.72 Å². The second kappa shape index (κ2) is 5.64. The molecule has 0 aromatic heterocycles. The van der Waals surface area contributed by atoms with E-state index in [1.54, 1.807) is 0 Å². The zero-order valence-electron chi connectivity index (χ0n) is 9.35. The van der Waals surface area contributed by atoms with Gasteiger partial charge in [-0.05, 0) is 25.1 Å². The number of sulfonamides is 1. The average Bonchev–Trinajstić information content (AvgIpc) is 2.13. The number of carboxylic acid groups (broad SMARTS) is 1. The van der Waals surface area contributed by atoms with Gasteiger partial charge in [0.15, 0.2) is 0 Å². The topological polar surface area (TPSA) is 83.5 Å². The van der Waals surface area contributed by atoms with Crippen LogP contribution in [0.4, 0.5) is 4.39 Å². The number of carboxylic acids is 1. The second-order valence-electron chi connectivity index (χ2n) is 3.69. The number of benzene rings is 1. The number of carbonyl (C=O) groups is 1. The SMILES string of the molecule is CC(CC(=O)O)NS(=O)(=O)c1ccc(Cl)cc1F. The van der Waals surface area contributed by atoms with Crippen LogP contribution in [-0.4, -0.2) is 25.5 Å². The van der Waals surface area contributed by atoms with E-state index in [1.165, 1.54) is 13.0 Å². The lowest BCUT2D eigenvalue weighted by Gasteiger charge is -2.12. The van der Waals surface area contributed by atoms with E-state index in [0.717, 1.165) is 12.1 Å². The summed E-state index contributed by atoms with van der Waals surface area (Å²) in [6, 6.07) is 2.29. The van der Waals surface area contributed by atoms with Crippen molar-refractivity contribution in [3.8, 4) is 0 Å². The Balaban J connectivity index is 2.96. The van der Waals surface area contributed by atoms with E-state index in [-0.39, 0.29) is 5.02 Å². The lowest BCUT2D eigenvalue weighted by atomic mass is 10.3. The lowest BCUT2D eigenvalue weighted by Crippen LogP contribution is -2.34. The molecule has 0 aliphatic rings. The summed E-state index contributed by atoms with van der Waals surface area (Å²) < 4.78 is 39.0. The van der Waals surface area contributed by atoms with E-state index in [4.69, 9.17) is 16.7 Å². The zero-order chi connectivity index (χ0) is 13.9. The summed E-state index contributed by atoms with van der Waals surface area (Å²) in [5.74, 6) is -2.14. The summed E-state index contributed by atoms with van der Waals surface area (Å²) in [4.78, 5) is 9.85. The van der Waals surface area contributed by atoms with Gasteiger partial charge in [0.25, 0.3) is 0 Å². The molecular formula is C10H11ClFNO4S. The standard InChI is InChI=1S/C10H11ClFNO4S/c1-6(4-10(14)15)13-18(16,17)9-3-2-7(11)5-8(9)12/h2-3,5-6,13H,4H2,1H3,(H,14,15). The van der Waals surface area contributed by atoms with Crippen molar-refractivity contribution in [2.45, 2.75) is 24.3 Å². The average molecular weight is 296 g/mol. The predicted molar refractivity (Wildman–Crippen MR) is 63.4 cm³/mol. The number of nitrogens with one attached hydrogen (secondary N) is 1. The molecule has 0 heterocycles. The summed E-state index contributed by atoms with van der Waals surface area (Å²) in [7, 11) is -4.10. The summed E-state index contributed by atoms with van der Waals surface area (Å²) in [6.45, 7) is 1.37. The Labute approximate surface area is 109 Å². The molecule has 1 aromatic rings. The van der Waals surface area contributed by atoms with Crippen LogP contribution in [0.2, 0.25) is 5.02 Å². The number of aliphatic carboxylic acids is 1. The van der Waals surface area contributed by atoms with E-state index >= 15 is 0 Å². The molecule has 0 saturated heterocycles. The van der Waals surface area contributed by atoms with Crippen LogP contribution in [-0.2, 0) is 14.8 Å². The Kier molecular flexibility index (Phi) is 4.66. The predicted octanol–water partition coefficient (Wildman–Crippen LogP) is 1.62. The maximum absolute atomic E-state index is 13.4. The van der Waals surface area contributed by atoms with E-state index in [0.29, 0.717) is 0 Å². The molecule has 100 valence electrons. The molecule has 0 saturated carbocycles. The molecule has 18 heavy (non-hydrogen) atoms. The van der Waals surface area contributed by atoms with Crippen LogP contribution in [0.3, 0.4) is 0 Å². The molecule has 5 nitrogen and oxygen atoms in total. The maximum Gasteiger partial charge on any atom is 0.304 e. The summed E-state index contributed by atoms with van der Waals surface area (Å²) in [6.07, 6.45) is -0.394. The molecule has 0 aliphatic carbocycles. The van der Waals surface area contributed by atoms with Gasteiger partial charge in [0.05, 0.1) is 6.42 Å². The first-order valence-corrected chi connectivity index (χ1v) is 6.77. The normalized spacial score (nSPS) is 13.3. The third kappa shape index (κ3) is 3.94. The minimum Gasteiger partial charge on any atom is -0.481 e. The number of rotatable bonds is 5. The van der Waals surface area contributed by atoms with Gasteiger partial charge in [0.2, 0.25) is 10.0 Å². The number of halogens is 2. The van der Waals surface area contributed by atoms with E-state index in [2.05, 4.69) is 4.72 Å². The van der Waals surface area contributed by atoms with Crippen LogP contribution in [0, 0.1) is 5.82 Å². The molecule has 1 rings (SSSR count). The molecule has 0 spiro atoms. The van der Waals surface area contributed by atoms with Gasteiger partial charge >= 0.3 is 5.97 Å². The summed E-state index contributed by atoms with van der Waals surface area (Å²) in [5.41, 5.74) is 0. The summed E-state index contributed by atoms with van der Waals surface area (Å²) in [5, 5.41) is 8.59. The third-order valence-electron chi connectivity index (χ3n) is 2.02. The Bertz CT molecular complexity index is 561. The highest BCUT2D eigenvalue weighted by atomic mass is 35.5. The van der Waals surface area contributed by atoms with Crippen LogP contribution in [0.15, 0.2) is 23.1 Å². The van der Waals surface area contributed by atoms with Crippen LogP contribution < -0.4 is 4.72 Å². The molecule has 1 atom stereocenters. The molecule has 0 bridgehead atoms. The summed E-state index contributed by atoms with van der Waals surface area (Å²) >= 11 is 5.51. The van der Waals surface area contributed by atoms with Crippen LogP contribution in [0.5, 0.6) is 0 Å². The minimum absolute atomic E-state index is 0.0741. The van der Waals surface area contributed by atoms with Crippen molar-refractivity contribution < 1.29 is 22.7 Å². The van der Waals surface area contributed by atoms with Gasteiger partial charge in [-0.25, -0.2) is 17.5 Å². The molecule has 0 amide bonds. The van der Waals surface area contributed by atoms with Gasteiger partial charge in [-0.2, -0.15) is 0 Å². The molecule has 2 N–H and O–H groups in total. The smallest absolute Gasteiger partial charge is 0.304 e. The highest BCUT2D eigenvalue weighted by Gasteiger charge is 2.22. The van der Waals surface area contributed by atoms with Gasteiger partial charge in [-0.15, -0.1) is 0 Å². The van der Waals surface area contributed by atoms with Crippen molar-refractivity contribution in [2.75, 3.05) is 0 Å². The first kappa shape index (κ1) is 14.9. The zero-order valence-corrected chi connectivity index (χ0v) is 10.9. The minimum atomic E-state index is -4.10. The van der Waals surface area contributed by atoms with E-state index < -0.39 is 39.2 Å². The van der Waals surface area contributed by atoms with Gasteiger partial charge < -0.3 is 5.11 Å². The molecule has 1 aromatic carbocycles. The second-order valence-corrected chi connectivity index (χ2v) is 5.81. The first-order valence-electron chi connectivity index (χ1n) is 4.91. The fourth-order valence-corrected chi connectivity index (χ4v) is 2.79. The fraction of sp³-hybridized carbons (Fsp3) is 0.300. The van der Waals surface area contributed by atoms with Crippen LogP contribution in [0.1, 0.15) is 13.3 Å². The Hall–Kier alpha value is -1.18. The molecule has 0 fully saturated rings. The van der Waals surface area contributed by atoms with Crippen molar-refractivity contribution in [1.29, 1.82) is 0 Å². The quantitative estimate of drug-likeness (QED) is 0.864. The molecule has 0 aliphatic heterocycles. The largest absolute Gasteiger partial charge is 0.481 e. The Morgan fingerprint density at radius 2 is 2.17 bits per heavy atom. The van der Waals surface area contributed by atoms with Crippen LogP contribution >= 0.6 is 11.6 Å². The third-order valence-corrected chi connectivity index (χ3v) is 3.88. The molecule has 1 unspecified atom stereocenters. The Morgan fingerprint density at radius 3 is 2.67 bits per heavy atom. The van der Waals surface area contributed by atoms with Gasteiger partial charge in [-0.3, -0.25) is 4.79 Å². The molecular weight excluding hydrogens is 285 g/mol. The maximum atomic E-state index is 13.4. The lowest BCUT2D eigenvalue weighted by molar-refractivity contribution is -0.137. The van der Waals surface area contributed by atoms with Crippen molar-refractivity contribution >= 4 is 27.6 Å². The van der Waals surface area contributed by atoms with Crippen molar-refractivity contribution in [2.24, 2.45) is 0 Å². The fourth-order valence-electron chi connectivity index (χ4n) is 1.33. The van der Waals surface area contributed by atoms with Crippen molar-refractivity contribution in [3.05, 3.63) is 29.0 Å². The monoisotopic (exact) mass is 295 g/mol. The number of hydrogen-bond acceptors (Lipinski definition) is 3. The first-order chi connectivity index (χ1) is 8.22. The molecule has 8 heteroatoms. The molecule has 0 radical (unpaired) electrons. The van der Waals surface area contributed by atoms with Crippen LogP contribution in [0.25, 0.3) is 0 Å². The highest BCUT2D eigenvalue weighted by molar-refractivity contribution is 7.89. The Morgan fingerprint density at radius 1 is 1.56 bits per heavy atom. The van der Waals surface area contributed by atoms with Crippen molar-refractivity contribution in [3.63, 3.8) is 0 Å². The van der Waals surface area contributed by atoms with E-state index in [1.807, 2.05) is 0 Å². The van der Waals surface area contributed by atoms with E-state index in [9.17, 15) is 17.6 Å². The van der Waals surface area contributed by atoms with Gasteiger partial charge in [-0.1, -0.05) is 11.6 Å².